The third kappa shape index (κ3) is 12.0. The third-order valence-corrected chi connectivity index (χ3v) is 2.64. The summed E-state index contributed by atoms with van der Waals surface area (Å²) in [5.41, 5.74) is 0.986. The van der Waals surface area contributed by atoms with E-state index in [1.54, 1.807) is 24.3 Å². The Morgan fingerprint density at radius 2 is 1.46 bits per heavy atom. The summed E-state index contributed by atoms with van der Waals surface area (Å²) in [5.74, 6) is -0.381. The number of ether oxygens (including phenoxy) is 1. The molecule has 11 heteroatoms. The van der Waals surface area contributed by atoms with Gasteiger partial charge in [0.25, 0.3) is 0 Å². The fourth-order valence-electron chi connectivity index (χ4n) is 1.61. The number of aldehydes is 1. The first-order valence-electron chi connectivity index (χ1n) is 6.97. The molecule has 0 radical (unpaired) electrons. The summed E-state index contributed by atoms with van der Waals surface area (Å²) in [5, 5.41) is 0. The molecule has 0 aliphatic carbocycles. The van der Waals surface area contributed by atoms with Gasteiger partial charge >= 0.3 is 39.0 Å². The second-order valence-corrected chi connectivity index (χ2v) is 6.86. The Bertz CT molecular complexity index is 737. The molecule has 0 bridgehead atoms. The maximum atomic E-state index is 11.7. The molecule has 0 aliphatic heterocycles. The van der Waals surface area contributed by atoms with E-state index in [0.29, 0.717) is 24.3 Å². The van der Waals surface area contributed by atoms with E-state index in [1.807, 2.05) is 35.2 Å². The van der Waals surface area contributed by atoms with Gasteiger partial charge in [0, 0.05) is 17.7 Å². The first-order chi connectivity index (χ1) is 11.7. The molecule has 2 rings (SSSR count). The van der Waals surface area contributed by atoms with Crippen molar-refractivity contribution in [2.24, 2.45) is 0 Å². The monoisotopic (exact) mass is 401 g/mol. The minimum Gasteiger partial charge on any atom is -0.455 e. The van der Waals surface area contributed by atoms with Crippen LogP contribution in [-0.2, 0) is 11.3 Å². The molecule has 0 N–H and O–H groups in total. The number of rotatable bonds is 5. The molecule has 0 saturated heterocycles. The molecular formula is C15H14F6NO3P. The molecule has 144 valence electrons. The first-order valence-corrected chi connectivity index (χ1v) is 9.00. The molecule has 1 aromatic heterocycles. The van der Waals surface area contributed by atoms with E-state index in [9.17, 15) is 34.8 Å². The first kappa shape index (κ1) is 21.6. The summed E-state index contributed by atoms with van der Waals surface area (Å²) in [4.78, 5) is 22.2. The second kappa shape index (κ2) is 7.41. The second-order valence-electron chi connectivity index (χ2n) is 4.95. The molecule has 1 heterocycles. The minimum atomic E-state index is -10.7. The van der Waals surface area contributed by atoms with Crippen molar-refractivity contribution in [3.8, 4) is 0 Å². The molecule has 2 aromatic rings. The van der Waals surface area contributed by atoms with Gasteiger partial charge < -0.3 is 4.74 Å². The largest absolute Gasteiger partial charge is 0.455 e. The number of esters is 1. The Hall–Kier alpha value is -2.48. The molecule has 0 aliphatic rings. The predicted molar refractivity (Wildman–Crippen MR) is 82.3 cm³/mol. The quantitative estimate of drug-likeness (QED) is 0.232. The zero-order valence-corrected chi connectivity index (χ0v) is 14.0. The Labute approximate surface area is 144 Å². The van der Waals surface area contributed by atoms with Gasteiger partial charge in [-0.3, -0.25) is 4.79 Å². The van der Waals surface area contributed by atoms with E-state index in [-0.39, 0.29) is 5.97 Å². The summed E-state index contributed by atoms with van der Waals surface area (Å²) in [7, 11) is -10.7. The van der Waals surface area contributed by atoms with Crippen LogP contribution < -0.4 is 4.57 Å². The normalized spacial score (nSPS) is 13.5. The number of nitrogens with zero attached hydrogens (tertiary/aromatic N) is 1. The Kier molecular flexibility index (Phi) is 6.14. The Morgan fingerprint density at radius 3 is 1.92 bits per heavy atom. The standard InChI is InChI=1S/C15H14NO3.F6P/c17-12-13-4-6-14(7-5-13)15(18)19-11-10-16-8-2-1-3-9-16;1-7(2,3,4,5)6/h1-9,12H,10-11H2;/q+1;-1. The van der Waals surface area contributed by atoms with Crippen molar-refractivity contribution in [3.05, 3.63) is 66.0 Å². The van der Waals surface area contributed by atoms with Crippen LogP contribution in [0.5, 0.6) is 0 Å². The molecule has 0 atom stereocenters. The van der Waals surface area contributed by atoms with Gasteiger partial charge in [-0.2, -0.15) is 0 Å². The number of aromatic nitrogens is 1. The molecular weight excluding hydrogens is 387 g/mol. The van der Waals surface area contributed by atoms with E-state index >= 15 is 0 Å². The molecule has 0 fully saturated rings. The molecule has 4 nitrogen and oxygen atoms in total. The maximum absolute atomic E-state index is 11.7. The van der Waals surface area contributed by atoms with Crippen LogP contribution in [0.15, 0.2) is 54.9 Å². The van der Waals surface area contributed by atoms with Crippen molar-refractivity contribution in [3.63, 3.8) is 0 Å². The zero-order valence-electron chi connectivity index (χ0n) is 13.1. The number of carbonyl (C=O) groups is 2. The van der Waals surface area contributed by atoms with Crippen LogP contribution in [0.4, 0.5) is 25.2 Å². The van der Waals surface area contributed by atoms with E-state index in [1.165, 1.54) is 0 Å². The van der Waals surface area contributed by atoms with Crippen molar-refractivity contribution in [1.82, 2.24) is 0 Å². The fraction of sp³-hybridized carbons (Fsp3) is 0.133. The van der Waals surface area contributed by atoms with Crippen molar-refractivity contribution in [2.75, 3.05) is 6.61 Å². The number of benzene rings is 1. The van der Waals surface area contributed by atoms with Gasteiger partial charge in [-0.05, 0) is 12.1 Å². The zero-order chi connectivity index (χ0) is 19.9. The average Bonchev–Trinajstić information content (AvgIpc) is 2.53. The van der Waals surface area contributed by atoms with Crippen LogP contribution in [-0.4, -0.2) is 18.9 Å². The summed E-state index contributed by atoms with van der Waals surface area (Å²) in [6, 6.07) is 12.1. The minimum absolute atomic E-state index is 0.308. The molecule has 1 aromatic carbocycles. The van der Waals surface area contributed by atoms with E-state index < -0.39 is 7.81 Å². The van der Waals surface area contributed by atoms with Gasteiger partial charge in [-0.25, -0.2) is 9.36 Å². The van der Waals surface area contributed by atoms with E-state index in [4.69, 9.17) is 4.74 Å². The van der Waals surface area contributed by atoms with Gasteiger partial charge in [0.05, 0.1) is 5.56 Å². The SMILES string of the molecule is F[P-](F)(F)(F)(F)F.O=Cc1ccc(C(=O)OCC[n+]2ccccc2)cc1. The summed E-state index contributed by atoms with van der Waals surface area (Å²) >= 11 is 0. The fourth-order valence-corrected chi connectivity index (χ4v) is 1.61. The summed E-state index contributed by atoms with van der Waals surface area (Å²) < 4.78 is 66.3. The Balaban J connectivity index is 0.000000412. The van der Waals surface area contributed by atoms with Crippen LogP contribution in [0.3, 0.4) is 0 Å². The Morgan fingerprint density at radius 1 is 0.962 bits per heavy atom. The van der Waals surface area contributed by atoms with Gasteiger partial charge in [0.1, 0.15) is 6.29 Å². The number of halogens is 6. The van der Waals surface area contributed by atoms with Gasteiger partial charge in [0.15, 0.2) is 25.5 Å². The molecule has 0 unspecified atom stereocenters. The van der Waals surface area contributed by atoms with Crippen LogP contribution >= 0.6 is 7.81 Å². The maximum Gasteiger partial charge on any atom is 0.338 e. The van der Waals surface area contributed by atoms with Crippen molar-refractivity contribution in [2.45, 2.75) is 6.54 Å². The average molecular weight is 401 g/mol. The summed E-state index contributed by atoms with van der Waals surface area (Å²) in [6.45, 7) is 0.919. The van der Waals surface area contributed by atoms with Gasteiger partial charge in [-0.1, -0.05) is 18.2 Å². The van der Waals surface area contributed by atoms with Crippen molar-refractivity contribution in [1.29, 1.82) is 0 Å². The van der Waals surface area contributed by atoms with Crippen LogP contribution in [0.1, 0.15) is 20.7 Å². The number of carbonyl (C=O) groups excluding carboxylic acids is 2. The van der Waals surface area contributed by atoms with Crippen molar-refractivity contribution >= 4 is 20.1 Å². The number of hydrogen-bond donors (Lipinski definition) is 0. The van der Waals surface area contributed by atoms with Gasteiger partial charge in [0.2, 0.25) is 0 Å². The van der Waals surface area contributed by atoms with Crippen LogP contribution in [0.2, 0.25) is 0 Å². The summed E-state index contributed by atoms with van der Waals surface area (Å²) in [6.07, 6.45) is 4.56. The predicted octanol–water partition coefficient (Wildman–Crippen LogP) is 5.03. The third-order valence-electron chi connectivity index (χ3n) is 2.64. The van der Waals surface area contributed by atoms with Crippen LogP contribution in [0, 0.1) is 0 Å². The van der Waals surface area contributed by atoms with E-state index in [0.717, 1.165) is 6.29 Å². The van der Waals surface area contributed by atoms with Gasteiger partial charge in [-0.15, -0.1) is 0 Å². The smallest absolute Gasteiger partial charge is 0.338 e. The topological polar surface area (TPSA) is 47.3 Å². The van der Waals surface area contributed by atoms with Crippen LogP contribution in [0.25, 0.3) is 0 Å². The molecule has 26 heavy (non-hydrogen) atoms. The number of hydrogen-bond acceptors (Lipinski definition) is 3. The molecule has 0 amide bonds. The van der Waals surface area contributed by atoms with Crippen molar-refractivity contribution < 1.29 is 44.1 Å². The van der Waals surface area contributed by atoms with E-state index in [2.05, 4.69) is 0 Å². The molecule has 0 saturated carbocycles. The number of pyridine rings is 1. The molecule has 0 spiro atoms.